The van der Waals surface area contributed by atoms with E-state index in [1.165, 1.54) is 17.2 Å². The predicted molar refractivity (Wildman–Crippen MR) is 101 cm³/mol. The van der Waals surface area contributed by atoms with Crippen LogP contribution >= 0.6 is 0 Å². The van der Waals surface area contributed by atoms with E-state index in [0.717, 1.165) is 43.2 Å². The van der Waals surface area contributed by atoms with Crippen LogP contribution in [0.1, 0.15) is 36.8 Å². The summed E-state index contributed by atoms with van der Waals surface area (Å²) in [4.78, 5) is 12.7. The predicted octanol–water partition coefficient (Wildman–Crippen LogP) is 4.47. The molecule has 1 unspecified atom stereocenters. The largest absolute Gasteiger partial charge is 0.275 e. The standard InChI is InChI=1S/C22H23FN2O/c1-15-11-12-20(19(23)13-15)25-21(14-16-7-3-2-4-8-16)17-9-5-6-10-18(17)22(26)24-25/h2-4,7-8,11-13,21H,5-6,9-10,14H2,1H3,(H,24,26). The molecule has 2 aromatic rings. The minimum atomic E-state index is -0.303. The fourth-order valence-corrected chi connectivity index (χ4v) is 4.05. The maximum atomic E-state index is 14.7. The van der Waals surface area contributed by atoms with Gasteiger partial charge in [-0.05, 0) is 67.9 Å². The molecular formula is C22H23FN2O. The Morgan fingerprint density at radius 3 is 2.65 bits per heavy atom. The van der Waals surface area contributed by atoms with Crippen LogP contribution in [0.15, 0.2) is 59.7 Å². The average Bonchev–Trinajstić information content (AvgIpc) is 2.65. The molecule has 0 spiro atoms. The van der Waals surface area contributed by atoms with Crippen LogP contribution in [0.5, 0.6) is 0 Å². The van der Waals surface area contributed by atoms with Gasteiger partial charge in [0.15, 0.2) is 0 Å². The van der Waals surface area contributed by atoms with E-state index in [1.807, 2.05) is 31.2 Å². The van der Waals surface area contributed by atoms with E-state index < -0.39 is 0 Å². The van der Waals surface area contributed by atoms with Crippen molar-refractivity contribution in [3.8, 4) is 0 Å². The summed E-state index contributed by atoms with van der Waals surface area (Å²) in [5.74, 6) is -0.382. The first-order valence-electron chi connectivity index (χ1n) is 9.25. The molecule has 0 aromatic heterocycles. The summed E-state index contributed by atoms with van der Waals surface area (Å²) in [6, 6.07) is 15.3. The minimum absolute atomic E-state index is 0.0531. The zero-order chi connectivity index (χ0) is 18.1. The van der Waals surface area contributed by atoms with Gasteiger partial charge in [0.05, 0.1) is 11.7 Å². The Morgan fingerprint density at radius 2 is 1.88 bits per heavy atom. The van der Waals surface area contributed by atoms with Crippen LogP contribution in [0.2, 0.25) is 0 Å². The van der Waals surface area contributed by atoms with Crippen molar-refractivity contribution in [2.75, 3.05) is 5.01 Å². The molecule has 0 bridgehead atoms. The Morgan fingerprint density at radius 1 is 1.12 bits per heavy atom. The van der Waals surface area contributed by atoms with E-state index >= 15 is 0 Å². The van der Waals surface area contributed by atoms with E-state index in [9.17, 15) is 9.18 Å². The van der Waals surface area contributed by atoms with Crippen molar-refractivity contribution in [3.05, 3.63) is 76.6 Å². The lowest BCUT2D eigenvalue weighted by Gasteiger charge is -2.42. The molecule has 0 fully saturated rings. The highest BCUT2D eigenvalue weighted by atomic mass is 19.1. The SMILES string of the molecule is Cc1ccc(N2NC(=O)C3=C(CCCC3)C2Cc2ccccc2)c(F)c1. The summed E-state index contributed by atoms with van der Waals surface area (Å²) < 4.78 is 14.7. The molecule has 26 heavy (non-hydrogen) atoms. The molecule has 0 radical (unpaired) electrons. The van der Waals surface area contributed by atoms with E-state index in [-0.39, 0.29) is 17.8 Å². The summed E-state index contributed by atoms with van der Waals surface area (Å²) in [5.41, 5.74) is 7.52. The van der Waals surface area contributed by atoms with Gasteiger partial charge in [-0.15, -0.1) is 0 Å². The topological polar surface area (TPSA) is 32.3 Å². The normalized spacial score (nSPS) is 20.0. The van der Waals surface area contributed by atoms with Crippen LogP contribution < -0.4 is 10.4 Å². The molecule has 0 saturated carbocycles. The molecule has 134 valence electrons. The Hall–Kier alpha value is -2.62. The summed E-state index contributed by atoms with van der Waals surface area (Å²) in [7, 11) is 0. The van der Waals surface area contributed by atoms with Crippen molar-refractivity contribution in [2.45, 2.75) is 45.1 Å². The van der Waals surface area contributed by atoms with E-state index in [2.05, 4.69) is 17.6 Å². The van der Waals surface area contributed by atoms with Gasteiger partial charge in [0.1, 0.15) is 5.82 Å². The van der Waals surface area contributed by atoms with Crippen molar-refractivity contribution in [2.24, 2.45) is 0 Å². The molecule has 2 aromatic carbocycles. The molecule has 1 atom stereocenters. The summed E-state index contributed by atoms with van der Waals surface area (Å²) in [5, 5.41) is 1.74. The Balaban J connectivity index is 1.78. The number of anilines is 1. The second-order valence-corrected chi connectivity index (χ2v) is 7.18. The van der Waals surface area contributed by atoms with Gasteiger partial charge >= 0.3 is 0 Å². The van der Waals surface area contributed by atoms with Crippen LogP contribution in [-0.4, -0.2) is 11.9 Å². The third kappa shape index (κ3) is 3.12. The van der Waals surface area contributed by atoms with Gasteiger partial charge in [-0.2, -0.15) is 0 Å². The number of carbonyl (C=O) groups excluding carboxylic acids is 1. The maximum absolute atomic E-state index is 14.7. The smallest absolute Gasteiger partial charge is 0.265 e. The molecule has 4 rings (SSSR count). The summed E-state index contributed by atoms with van der Waals surface area (Å²) in [6.45, 7) is 1.87. The number of rotatable bonds is 3. The number of benzene rings is 2. The summed E-state index contributed by atoms with van der Waals surface area (Å²) >= 11 is 0. The first-order valence-corrected chi connectivity index (χ1v) is 9.25. The van der Waals surface area contributed by atoms with Crippen molar-refractivity contribution >= 4 is 11.6 Å². The number of amides is 1. The fourth-order valence-electron chi connectivity index (χ4n) is 4.05. The lowest BCUT2D eigenvalue weighted by Crippen LogP contribution is -2.56. The number of halogens is 1. The Labute approximate surface area is 153 Å². The number of nitrogens with one attached hydrogen (secondary N) is 1. The van der Waals surface area contributed by atoms with Gasteiger partial charge in [0, 0.05) is 5.57 Å². The van der Waals surface area contributed by atoms with Crippen molar-refractivity contribution in [3.63, 3.8) is 0 Å². The van der Waals surface area contributed by atoms with Gasteiger partial charge in [-0.25, -0.2) is 4.39 Å². The quantitative estimate of drug-likeness (QED) is 0.886. The zero-order valence-electron chi connectivity index (χ0n) is 15.0. The molecule has 1 amide bonds. The van der Waals surface area contributed by atoms with Gasteiger partial charge < -0.3 is 0 Å². The minimum Gasteiger partial charge on any atom is -0.275 e. The van der Waals surface area contributed by atoms with E-state index in [4.69, 9.17) is 0 Å². The van der Waals surface area contributed by atoms with Gasteiger partial charge in [-0.1, -0.05) is 36.4 Å². The third-order valence-electron chi connectivity index (χ3n) is 5.36. The molecule has 0 saturated heterocycles. The number of hydrogen-bond donors (Lipinski definition) is 1. The zero-order valence-corrected chi connectivity index (χ0v) is 15.0. The first-order chi connectivity index (χ1) is 12.6. The van der Waals surface area contributed by atoms with Crippen LogP contribution in [0.3, 0.4) is 0 Å². The lowest BCUT2D eigenvalue weighted by molar-refractivity contribution is -0.118. The van der Waals surface area contributed by atoms with Crippen molar-refractivity contribution < 1.29 is 9.18 Å². The van der Waals surface area contributed by atoms with Crippen LogP contribution in [-0.2, 0) is 11.2 Å². The fraction of sp³-hybridized carbons (Fsp3) is 0.318. The number of nitrogens with zero attached hydrogens (tertiary/aromatic N) is 1. The molecule has 2 aliphatic rings. The van der Waals surface area contributed by atoms with Crippen LogP contribution in [0.4, 0.5) is 10.1 Å². The Bertz CT molecular complexity index is 860. The highest BCUT2D eigenvalue weighted by Gasteiger charge is 2.36. The molecule has 4 heteroatoms. The van der Waals surface area contributed by atoms with Crippen molar-refractivity contribution in [1.82, 2.24) is 5.43 Å². The van der Waals surface area contributed by atoms with Crippen molar-refractivity contribution in [1.29, 1.82) is 0 Å². The maximum Gasteiger partial charge on any atom is 0.265 e. The first kappa shape index (κ1) is 16.8. The third-order valence-corrected chi connectivity index (χ3v) is 5.36. The second kappa shape index (κ2) is 6.94. The number of hydrazine groups is 1. The highest BCUT2D eigenvalue weighted by molar-refractivity contribution is 5.97. The monoisotopic (exact) mass is 350 g/mol. The second-order valence-electron chi connectivity index (χ2n) is 7.18. The van der Waals surface area contributed by atoms with Crippen LogP contribution in [0, 0.1) is 12.7 Å². The van der Waals surface area contributed by atoms with Gasteiger partial charge in [-0.3, -0.25) is 15.2 Å². The van der Waals surface area contributed by atoms with Gasteiger partial charge in [0.2, 0.25) is 0 Å². The number of hydrogen-bond acceptors (Lipinski definition) is 2. The van der Waals surface area contributed by atoms with Crippen LogP contribution in [0.25, 0.3) is 0 Å². The Kier molecular flexibility index (Phi) is 4.49. The molecule has 1 heterocycles. The highest BCUT2D eigenvalue weighted by Crippen LogP contribution is 2.36. The van der Waals surface area contributed by atoms with E-state index in [0.29, 0.717) is 5.69 Å². The van der Waals surface area contributed by atoms with Gasteiger partial charge in [0.25, 0.3) is 5.91 Å². The molecule has 1 N–H and O–H groups in total. The molecule has 3 nitrogen and oxygen atoms in total. The summed E-state index contributed by atoms with van der Waals surface area (Å²) in [6.07, 6.45) is 4.60. The lowest BCUT2D eigenvalue weighted by atomic mass is 9.83. The number of carbonyl (C=O) groups is 1. The van der Waals surface area contributed by atoms with E-state index in [1.54, 1.807) is 11.1 Å². The molecule has 1 aliphatic carbocycles. The average molecular weight is 350 g/mol. The molecular weight excluding hydrogens is 327 g/mol. The number of aryl methyl sites for hydroxylation is 1. The molecule has 1 aliphatic heterocycles.